The van der Waals surface area contributed by atoms with Crippen molar-refractivity contribution in [2.45, 2.75) is 27.7 Å². The van der Waals surface area contributed by atoms with Gasteiger partial charge < -0.3 is 5.32 Å². The summed E-state index contributed by atoms with van der Waals surface area (Å²) in [4.78, 5) is 10.3. The molecule has 1 aromatic rings. The molecule has 0 aliphatic heterocycles. The second-order valence-electron chi connectivity index (χ2n) is 5.34. The van der Waals surface area contributed by atoms with E-state index in [9.17, 15) is 10.1 Å². The summed E-state index contributed by atoms with van der Waals surface area (Å²) in [5.41, 5.74) is 0.946. The van der Waals surface area contributed by atoms with Gasteiger partial charge >= 0.3 is 0 Å². The van der Waals surface area contributed by atoms with Crippen molar-refractivity contribution in [1.82, 2.24) is 0 Å². The second kappa shape index (κ2) is 6.38. The summed E-state index contributed by atoms with van der Waals surface area (Å²) in [6.07, 6.45) is 0. The first kappa shape index (κ1) is 14.5. The maximum Gasteiger partial charge on any atom is 0.271 e. The Kier molecular flexibility index (Phi) is 5.13. The standard InChI is InChI=1S/C14H22N2O2/c1-10(2)14(11(3)4)9-15-12-6-5-7-13(8-12)16(17)18/h5-8,10-11,14-15H,9H2,1-4H3. The lowest BCUT2D eigenvalue weighted by molar-refractivity contribution is -0.384. The summed E-state index contributed by atoms with van der Waals surface area (Å²) >= 11 is 0. The second-order valence-corrected chi connectivity index (χ2v) is 5.34. The van der Waals surface area contributed by atoms with Crippen LogP contribution in [0.2, 0.25) is 0 Å². The van der Waals surface area contributed by atoms with Crippen molar-refractivity contribution < 1.29 is 4.92 Å². The molecule has 0 aliphatic rings. The zero-order valence-electron chi connectivity index (χ0n) is 11.5. The van der Waals surface area contributed by atoms with Gasteiger partial charge in [0.05, 0.1) is 4.92 Å². The van der Waals surface area contributed by atoms with E-state index in [2.05, 4.69) is 33.0 Å². The number of anilines is 1. The van der Waals surface area contributed by atoms with Gasteiger partial charge in [-0.1, -0.05) is 33.8 Å². The molecule has 0 saturated heterocycles. The Hall–Kier alpha value is -1.58. The van der Waals surface area contributed by atoms with Gasteiger partial charge in [0.2, 0.25) is 0 Å². The Morgan fingerprint density at radius 1 is 1.22 bits per heavy atom. The fourth-order valence-electron chi connectivity index (χ4n) is 2.21. The lowest BCUT2D eigenvalue weighted by Gasteiger charge is -2.25. The lowest BCUT2D eigenvalue weighted by Crippen LogP contribution is -2.24. The van der Waals surface area contributed by atoms with Crippen LogP contribution in [0.15, 0.2) is 24.3 Å². The molecule has 0 aliphatic carbocycles. The average molecular weight is 250 g/mol. The third-order valence-electron chi connectivity index (χ3n) is 3.31. The van der Waals surface area contributed by atoms with Gasteiger partial charge in [-0.05, 0) is 23.8 Å². The van der Waals surface area contributed by atoms with Crippen LogP contribution in [-0.2, 0) is 0 Å². The van der Waals surface area contributed by atoms with Gasteiger partial charge in [-0.25, -0.2) is 0 Å². The van der Waals surface area contributed by atoms with Crippen LogP contribution in [0.4, 0.5) is 11.4 Å². The zero-order valence-corrected chi connectivity index (χ0v) is 11.5. The normalized spacial score (nSPS) is 11.3. The Bertz CT molecular complexity index is 395. The largest absolute Gasteiger partial charge is 0.385 e. The van der Waals surface area contributed by atoms with Crippen LogP contribution in [0.5, 0.6) is 0 Å². The highest BCUT2D eigenvalue weighted by Crippen LogP contribution is 2.22. The molecule has 0 amide bonds. The minimum atomic E-state index is -0.368. The number of non-ortho nitro benzene ring substituents is 1. The van der Waals surface area contributed by atoms with Crippen LogP contribution in [0.3, 0.4) is 0 Å². The quantitative estimate of drug-likeness (QED) is 0.614. The average Bonchev–Trinajstić information content (AvgIpc) is 2.28. The molecule has 1 rings (SSSR count). The molecule has 0 saturated carbocycles. The third-order valence-corrected chi connectivity index (χ3v) is 3.31. The van der Waals surface area contributed by atoms with Crippen molar-refractivity contribution in [2.24, 2.45) is 17.8 Å². The SMILES string of the molecule is CC(C)C(CNc1cccc([N+](=O)[O-])c1)C(C)C. The van der Waals surface area contributed by atoms with Crippen LogP contribution in [0.1, 0.15) is 27.7 Å². The summed E-state index contributed by atoms with van der Waals surface area (Å²) in [7, 11) is 0. The number of hydrogen-bond acceptors (Lipinski definition) is 3. The van der Waals surface area contributed by atoms with Crippen LogP contribution < -0.4 is 5.32 Å². The maximum absolute atomic E-state index is 10.7. The summed E-state index contributed by atoms with van der Waals surface area (Å²) in [5.74, 6) is 1.75. The van der Waals surface area contributed by atoms with Crippen LogP contribution in [0.25, 0.3) is 0 Å². The zero-order chi connectivity index (χ0) is 13.7. The predicted octanol–water partition coefficient (Wildman–Crippen LogP) is 3.93. The smallest absolute Gasteiger partial charge is 0.271 e. The Morgan fingerprint density at radius 2 is 1.83 bits per heavy atom. The van der Waals surface area contributed by atoms with Gasteiger partial charge in [-0.2, -0.15) is 0 Å². The van der Waals surface area contributed by atoms with E-state index in [-0.39, 0.29) is 10.6 Å². The topological polar surface area (TPSA) is 55.2 Å². The van der Waals surface area contributed by atoms with Crippen LogP contribution in [0, 0.1) is 27.9 Å². The summed E-state index contributed by atoms with van der Waals surface area (Å²) in [6, 6.07) is 6.66. The van der Waals surface area contributed by atoms with E-state index in [1.807, 2.05) is 6.07 Å². The van der Waals surface area contributed by atoms with Crippen molar-refractivity contribution in [3.63, 3.8) is 0 Å². The van der Waals surface area contributed by atoms with Gasteiger partial charge in [0.15, 0.2) is 0 Å². The summed E-state index contributed by atoms with van der Waals surface area (Å²) in [5, 5.41) is 14.0. The Balaban J connectivity index is 2.67. The van der Waals surface area contributed by atoms with Crippen molar-refractivity contribution in [3.05, 3.63) is 34.4 Å². The molecule has 0 heterocycles. The number of hydrogen-bond donors (Lipinski definition) is 1. The Labute approximate surface area is 109 Å². The number of nitro groups is 1. The lowest BCUT2D eigenvalue weighted by atomic mass is 9.85. The first-order valence-corrected chi connectivity index (χ1v) is 6.40. The number of nitrogens with one attached hydrogen (secondary N) is 1. The van der Waals surface area contributed by atoms with Gasteiger partial charge in [0.25, 0.3) is 5.69 Å². The number of nitrogens with zero attached hydrogens (tertiary/aromatic N) is 1. The molecule has 0 aromatic heterocycles. The first-order chi connectivity index (χ1) is 8.41. The fraction of sp³-hybridized carbons (Fsp3) is 0.571. The molecule has 1 N–H and O–H groups in total. The molecular formula is C14H22N2O2. The molecule has 0 spiro atoms. The first-order valence-electron chi connectivity index (χ1n) is 6.40. The number of rotatable bonds is 6. The van der Waals surface area contributed by atoms with E-state index in [4.69, 9.17) is 0 Å². The number of nitro benzene ring substituents is 1. The minimum Gasteiger partial charge on any atom is -0.385 e. The fourth-order valence-corrected chi connectivity index (χ4v) is 2.21. The van der Waals surface area contributed by atoms with Gasteiger partial charge in [-0.15, -0.1) is 0 Å². The van der Waals surface area contributed by atoms with Gasteiger partial charge in [0.1, 0.15) is 0 Å². The predicted molar refractivity (Wildman–Crippen MR) is 74.8 cm³/mol. The summed E-state index contributed by atoms with van der Waals surface area (Å²) < 4.78 is 0. The van der Waals surface area contributed by atoms with Crippen molar-refractivity contribution in [3.8, 4) is 0 Å². The van der Waals surface area contributed by atoms with E-state index in [0.717, 1.165) is 12.2 Å². The highest BCUT2D eigenvalue weighted by molar-refractivity contribution is 5.50. The van der Waals surface area contributed by atoms with Crippen LogP contribution in [-0.4, -0.2) is 11.5 Å². The molecule has 1 aromatic carbocycles. The molecule has 0 fully saturated rings. The monoisotopic (exact) mass is 250 g/mol. The molecular weight excluding hydrogens is 228 g/mol. The molecule has 0 radical (unpaired) electrons. The molecule has 4 heteroatoms. The highest BCUT2D eigenvalue weighted by Gasteiger charge is 2.17. The van der Waals surface area contributed by atoms with E-state index in [0.29, 0.717) is 17.8 Å². The van der Waals surface area contributed by atoms with E-state index >= 15 is 0 Å². The van der Waals surface area contributed by atoms with E-state index in [1.54, 1.807) is 12.1 Å². The maximum atomic E-state index is 10.7. The van der Waals surface area contributed by atoms with Crippen molar-refractivity contribution in [2.75, 3.05) is 11.9 Å². The van der Waals surface area contributed by atoms with Crippen LogP contribution >= 0.6 is 0 Å². The number of benzene rings is 1. The molecule has 18 heavy (non-hydrogen) atoms. The third kappa shape index (κ3) is 4.02. The van der Waals surface area contributed by atoms with Gasteiger partial charge in [0, 0.05) is 24.4 Å². The highest BCUT2D eigenvalue weighted by atomic mass is 16.6. The molecule has 100 valence electrons. The molecule has 0 unspecified atom stereocenters. The summed E-state index contributed by atoms with van der Waals surface area (Å²) in [6.45, 7) is 9.68. The minimum absolute atomic E-state index is 0.130. The Morgan fingerprint density at radius 3 is 2.33 bits per heavy atom. The molecule has 0 bridgehead atoms. The van der Waals surface area contributed by atoms with E-state index < -0.39 is 0 Å². The van der Waals surface area contributed by atoms with Crippen molar-refractivity contribution >= 4 is 11.4 Å². The van der Waals surface area contributed by atoms with E-state index in [1.165, 1.54) is 6.07 Å². The molecule has 0 atom stereocenters. The van der Waals surface area contributed by atoms with Crippen molar-refractivity contribution in [1.29, 1.82) is 0 Å². The molecule has 4 nitrogen and oxygen atoms in total. The van der Waals surface area contributed by atoms with Gasteiger partial charge in [-0.3, -0.25) is 10.1 Å².